The fourth-order valence-electron chi connectivity index (χ4n) is 3.77. The Kier molecular flexibility index (Phi) is 3.71. The van der Waals surface area contributed by atoms with E-state index in [-0.39, 0.29) is 0 Å². The molecular weight excluding hydrogens is 224 g/mol. The van der Waals surface area contributed by atoms with Crippen LogP contribution in [0.25, 0.3) is 0 Å². The lowest BCUT2D eigenvalue weighted by molar-refractivity contribution is 0.0261. The summed E-state index contributed by atoms with van der Waals surface area (Å²) in [5, 5.41) is 3.48. The van der Waals surface area contributed by atoms with Crippen LogP contribution < -0.4 is 5.32 Å². The third-order valence-corrected chi connectivity index (χ3v) is 4.73. The maximum absolute atomic E-state index is 5.45. The van der Waals surface area contributed by atoms with E-state index in [2.05, 4.69) is 23.3 Å². The van der Waals surface area contributed by atoms with Crippen molar-refractivity contribution >= 4 is 0 Å². The minimum absolute atomic E-state index is 0.736. The molecule has 1 N–H and O–H groups in total. The molecule has 0 spiro atoms. The van der Waals surface area contributed by atoms with Crippen LogP contribution >= 0.6 is 0 Å². The zero-order chi connectivity index (χ0) is 12.4. The van der Waals surface area contributed by atoms with Gasteiger partial charge in [0.1, 0.15) is 5.76 Å². The topological polar surface area (TPSA) is 28.4 Å². The first-order chi connectivity index (χ1) is 8.86. The Balaban J connectivity index is 1.61. The van der Waals surface area contributed by atoms with Crippen LogP contribution in [0.4, 0.5) is 0 Å². The molecular formula is C15H24N2O. The summed E-state index contributed by atoms with van der Waals surface area (Å²) in [5.74, 6) is 1.13. The van der Waals surface area contributed by atoms with E-state index in [1.165, 1.54) is 38.6 Å². The average Bonchev–Trinajstić information content (AvgIpc) is 2.88. The summed E-state index contributed by atoms with van der Waals surface area (Å²) in [7, 11) is 2.11. The third-order valence-electron chi connectivity index (χ3n) is 4.73. The fraction of sp³-hybridized carbons (Fsp3) is 0.733. The van der Waals surface area contributed by atoms with Crippen molar-refractivity contribution in [2.75, 3.05) is 13.6 Å². The Bertz CT molecular complexity index is 349. The van der Waals surface area contributed by atoms with Gasteiger partial charge >= 0.3 is 0 Å². The summed E-state index contributed by atoms with van der Waals surface area (Å²) in [5.41, 5.74) is 0. The molecule has 2 atom stereocenters. The zero-order valence-corrected chi connectivity index (χ0v) is 11.3. The van der Waals surface area contributed by atoms with Gasteiger partial charge in [-0.15, -0.1) is 0 Å². The molecule has 2 unspecified atom stereocenters. The van der Waals surface area contributed by atoms with Gasteiger partial charge in [0.25, 0.3) is 0 Å². The van der Waals surface area contributed by atoms with Crippen molar-refractivity contribution in [2.45, 2.75) is 56.7 Å². The van der Waals surface area contributed by atoms with Crippen molar-refractivity contribution < 1.29 is 4.42 Å². The maximum Gasteiger partial charge on any atom is 0.105 e. The van der Waals surface area contributed by atoms with Crippen LogP contribution in [0.3, 0.4) is 0 Å². The normalized spacial score (nSPS) is 32.6. The summed E-state index contributed by atoms with van der Waals surface area (Å²) in [4.78, 5) is 2.75. The summed E-state index contributed by atoms with van der Waals surface area (Å²) in [6.07, 6.45) is 9.67. The summed E-state index contributed by atoms with van der Waals surface area (Å²) in [6, 6.07) is 6.41. The van der Waals surface area contributed by atoms with Crippen LogP contribution in [0.1, 0.15) is 37.9 Å². The average molecular weight is 248 g/mol. The molecule has 18 heavy (non-hydrogen) atoms. The van der Waals surface area contributed by atoms with Gasteiger partial charge in [-0.1, -0.05) is 6.42 Å². The largest absolute Gasteiger partial charge is 0.469 e. The van der Waals surface area contributed by atoms with E-state index in [0.29, 0.717) is 0 Å². The van der Waals surface area contributed by atoms with Gasteiger partial charge in [-0.2, -0.15) is 0 Å². The third kappa shape index (κ3) is 2.47. The number of hydrogen-bond acceptors (Lipinski definition) is 3. The fourth-order valence-corrected chi connectivity index (χ4v) is 3.77. The quantitative estimate of drug-likeness (QED) is 0.887. The number of rotatable bonds is 4. The zero-order valence-electron chi connectivity index (χ0n) is 11.3. The van der Waals surface area contributed by atoms with E-state index in [9.17, 15) is 0 Å². The van der Waals surface area contributed by atoms with Gasteiger partial charge in [-0.25, -0.2) is 0 Å². The molecule has 3 heterocycles. The van der Waals surface area contributed by atoms with E-state index in [1.54, 1.807) is 6.26 Å². The van der Waals surface area contributed by atoms with Gasteiger partial charge in [0.2, 0.25) is 0 Å². The standard InChI is InChI=1S/C15H24N2O/c1-16-12-10-13-4-2-5-14(11-12)17(13)8-7-15-6-3-9-18-15/h3,6,9,12-14,16H,2,4-5,7-8,10-11H2,1H3. The predicted molar refractivity (Wildman–Crippen MR) is 72.6 cm³/mol. The lowest BCUT2D eigenvalue weighted by Gasteiger charge is -2.49. The van der Waals surface area contributed by atoms with Crippen molar-refractivity contribution in [3.63, 3.8) is 0 Å². The van der Waals surface area contributed by atoms with E-state index in [4.69, 9.17) is 4.42 Å². The van der Waals surface area contributed by atoms with Crippen LogP contribution in [0.15, 0.2) is 22.8 Å². The highest BCUT2D eigenvalue weighted by molar-refractivity contribution is 5.01. The highest BCUT2D eigenvalue weighted by Crippen LogP contribution is 2.33. The van der Waals surface area contributed by atoms with Crippen LogP contribution in [-0.4, -0.2) is 36.6 Å². The van der Waals surface area contributed by atoms with Crippen molar-refractivity contribution in [3.05, 3.63) is 24.2 Å². The maximum atomic E-state index is 5.45. The number of furan rings is 1. The molecule has 0 saturated carbocycles. The highest BCUT2D eigenvalue weighted by Gasteiger charge is 2.37. The van der Waals surface area contributed by atoms with Gasteiger partial charge in [-0.05, 0) is 44.9 Å². The summed E-state index contributed by atoms with van der Waals surface area (Å²) < 4.78 is 5.45. The number of piperidine rings is 2. The van der Waals surface area contributed by atoms with Gasteiger partial charge < -0.3 is 9.73 Å². The number of hydrogen-bond donors (Lipinski definition) is 1. The van der Waals surface area contributed by atoms with Crippen molar-refractivity contribution in [1.29, 1.82) is 0 Å². The molecule has 3 nitrogen and oxygen atoms in total. The monoisotopic (exact) mass is 248 g/mol. The second-order valence-electron chi connectivity index (χ2n) is 5.76. The van der Waals surface area contributed by atoms with Crippen molar-refractivity contribution in [2.24, 2.45) is 0 Å². The predicted octanol–water partition coefficient (Wildman–Crippen LogP) is 2.43. The molecule has 0 aliphatic carbocycles. The first-order valence-corrected chi connectivity index (χ1v) is 7.32. The number of nitrogens with one attached hydrogen (secondary N) is 1. The molecule has 1 aromatic rings. The molecule has 2 aliphatic rings. The lowest BCUT2D eigenvalue weighted by Crippen LogP contribution is -2.56. The van der Waals surface area contributed by atoms with Crippen molar-refractivity contribution in [3.8, 4) is 0 Å². The molecule has 0 radical (unpaired) electrons. The van der Waals surface area contributed by atoms with E-state index < -0.39 is 0 Å². The second kappa shape index (κ2) is 5.45. The smallest absolute Gasteiger partial charge is 0.105 e. The SMILES string of the molecule is CNC1CC2CCCC(C1)N2CCc1ccco1. The Morgan fingerprint density at radius 3 is 2.72 bits per heavy atom. The van der Waals surface area contributed by atoms with Crippen molar-refractivity contribution in [1.82, 2.24) is 10.2 Å². The minimum Gasteiger partial charge on any atom is -0.469 e. The van der Waals surface area contributed by atoms with Gasteiger partial charge in [-0.3, -0.25) is 4.90 Å². The van der Waals surface area contributed by atoms with E-state index in [0.717, 1.165) is 30.3 Å². The van der Waals surface area contributed by atoms with Crippen LogP contribution in [-0.2, 0) is 6.42 Å². The molecule has 3 heteroatoms. The Morgan fingerprint density at radius 2 is 2.11 bits per heavy atom. The molecule has 100 valence electrons. The lowest BCUT2D eigenvalue weighted by atomic mass is 9.81. The van der Waals surface area contributed by atoms with E-state index >= 15 is 0 Å². The van der Waals surface area contributed by atoms with Crippen LogP contribution in [0, 0.1) is 0 Å². The molecule has 1 aromatic heterocycles. The molecule has 2 fully saturated rings. The van der Waals surface area contributed by atoms with Crippen LogP contribution in [0.2, 0.25) is 0 Å². The molecule has 2 aliphatic heterocycles. The first-order valence-electron chi connectivity index (χ1n) is 7.32. The van der Waals surface area contributed by atoms with Gasteiger partial charge in [0, 0.05) is 31.1 Å². The minimum atomic E-state index is 0.736. The van der Waals surface area contributed by atoms with E-state index in [1.807, 2.05) is 6.07 Å². The highest BCUT2D eigenvalue weighted by atomic mass is 16.3. The first kappa shape index (κ1) is 12.2. The summed E-state index contributed by atoms with van der Waals surface area (Å²) in [6.45, 7) is 1.17. The second-order valence-corrected chi connectivity index (χ2v) is 5.76. The molecule has 0 amide bonds. The summed E-state index contributed by atoms with van der Waals surface area (Å²) >= 11 is 0. The van der Waals surface area contributed by atoms with Gasteiger partial charge in [0.15, 0.2) is 0 Å². The molecule has 2 bridgehead atoms. The number of nitrogens with zero attached hydrogens (tertiary/aromatic N) is 1. The Hall–Kier alpha value is -0.800. The Morgan fingerprint density at radius 1 is 1.33 bits per heavy atom. The van der Waals surface area contributed by atoms with Crippen LogP contribution in [0.5, 0.6) is 0 Å². The molecule has 3 rings (SSSR count). The molecule has 0 aromatic carbocycles. The number of fused-ring (bicyclic) bond motifs is 2. The Labute approximate surface area is 110 Å². The van der Waals surface area contributed by atoms with Gasteiger partial charge in [0.05, 0.1) is 6.26 Å². The molecule has 2 saturated heterocycles.